The molecule has 0 bridgehead atoms. The van der Waals surface area contributed by atoms with Crippen molar-refractivity contribution in [2.45, 2.75) is 26.9 Å². The molecule has 0 saturated carbocycles. The quantitative estimate of drug-likeness (QED) is 0.928. The molecule has 1 N–H and O–H groups in total. The van der Waals surface area contributed by atoms with Crippen LogP contribution < -0.4 is 5.32 Å². The second-order valence-electron chi connectivity index (χ2n) is 3.93. The molecule has 0 saturated heterocycles. The number of anilines is 1. The number of nitrogens with zero attached hydrogens (tertiary/aromatic N) is 4. The van der Waals surface area contributed by atoms with E-state index in [1.807, 2.05) is 20.9 Å². The standard InChI is InChI=1S/C11H16FN5.ClH/c1-4-17-10(12)9(7-15-17)6-13-11-8(2)5-14-16(11)3;/h5,7,13H,4,6H2,1-3H3;1H. The molecule has 0 unspecified atom stereocenters. The summed E-state index contributed by atoms with van der Waals surface area (Å²) in [5.41, 5.74) is 1.60. The molecule has 2 rings (SSSR count). The van der Waals surface area contributed by atoms with Gasteiger partial charge in [0.1, 0.15) is 5.82 Å². The van der Waals surface area contributed by atoms with Crippen LogP contribution in [-0.2, 0) is 20.1 Å². The fourth-order valence-corrected chi connectivity index (χ4v) is 1.73. The van der Waals surface area contributed by atoms with Crippen molar-refractivity contribution >= 4 is 18.2 Å². The first-order chi connectivity index (χ1) is 8.13. The summed E-state index contributed by atoms with van der Waals surface area (Å²) >= 11 is 0. The molecule has 0 fully saturated rings. The molecule has 0 amide bonds. The Morgan fingerprint density at radius 2 is 2.06 bits per heavy atom. The van der Waals surface area contributed by atoms with Crippen LogP contribution in [0.15, 0.2) is 12.4 Å². The van der Waals surface area contributed by atoms with E-state index in [2.05, 4.69) is 15.5 Å². The molecule has 18 heavy (non-hydrogen) atoms. The number of hydrogen-bond donors (Lipinski definition) is 1. The van der Waals surface area contributed by atoms with Crippen molar-refractivity contribution in [1.82, 2.24) is 19.6 Å². The molecule has 0 spiro atoms. The van der Waals surface area contributed by atoms with Gasteiger partial charge in [0.05, 0.1) is 12.4 Å². The molecule has 0 aromatic carbocycles. The molecule has 2 heterocycles. The Kier molecular flexibility index (Phi) is 4.72. The van der Waals surface area contributed by atoms with E-state index in [-0.39, 0.29) is 18.4 Å². The number of halogens is 2. The Hall–Kier alpha value is -1.56. The van der Waals surface area contributed by atoms with E-state index in [1.165, 1.54) is 4.68 Å². The van der Waals surface area contributed by atoms with Gasteiger partial charge < -0.3 is 5.32 Å². The third-order valence-corrected chi connectivity index (χ3v) is 2.71. The smallest absolute Gasteiger partial charge is 0.216 e. The summed E-state index contributed by atoms with van der Waals surface area (Å²) in [6.45, 7) is 4.77. The van der Waals surface area contributed by atoms with Crippen molar-refractivity contribution in [1.29, 1.82) is 0 Å². The average Bonchev–Trinajstić information content (AvgIpc) is 2.82. The number of aryl methyl sites for hydroxylation is 3. The first-order valence-electron chi connectivity index (χ1n) is 5.56. The highest BCUT2D eigenvalue weighted by Gasteiger charge is 2.10. The summed E-state index contributed by atoms with van der Waals surface area (Å²) in [5, 5.41) is 11.2. The lowest BCUT2D eigenvalue weighted by molar-refractivity contribution is 0.465. The minimum absolute atomic E-state index is 0. The Bertz CT molecular complexity index is 500. The topological polar surface area (TPSA) is 47.7 Å². The fraction of sp³-hybridized carbons (Fsp3) is 0.455. The van der Waals surface area contributed by atoms with E-state index in [1.54, 1.807) is 17.1 Å². The molecular formula is C11H17ClFN5. The van der Waals surface area contributed by atoms with Gasteiger partial charge in [0, 0.05) is 31.3 Å². The lowest BCUT2D eigenvalue weighted by Crippen LogP contribution is -2.07. The van der Waals surface area contributed by atoms with Gasteiger partial charge in [0.15, 0.2) is 0 Å². The molecule has 0 radical (unpaired) electrons. The van der Waals surface area contributed by atoms with Gasteiger partial charge in [-0.3, -0.25) is 4.68 Å². The van der Waals surface area contributed by atoms with Crippen LogP contribution in [0, 0.1) is 12.9 Å². The van der Waals surface area contributed by atoms with E-state index < -0.39 is 0 Å². The molecule has 0 atom stereocenters. The normalized spacial score (nSPS) is 10.2. The van der Waals surface area contributed by atoms with E-state index in [4.69, 9.17) is 0 Å². The van der Waals surface area contributed by atoms with Crippen molar-refractivity contribution in [2.24, 2.45) is 7.05 Å². The maximum atomic E-state index is 13.7. The highest BCUT2D eigenvalue weighted by atomic mass is 35.5. The number of hydrogen-bond acceptors (Lipinski definition) is 3. The fourth-order valence-electron chi connectivity index (χ4n) is 1.73. The lowest BCUT2D eigenvalue weighted by atomic mass is 10.3. The van der Waals surface area contributed by atoms with Crippen LogP contribution in [0.4, 0.5) is 10.2 Å². The van der Waals surface area contributed by atoms with Gasteiger partial charge in [-0.25, -0.2) is 4.68 Å². The molecular weight excluding hydrogens is 257 g/mol. The largest absolute Gasteiger partial charge is 0.366 e. The van der Waals surface area contributed by atoms with E-state index in [9.17, 15) is 4.39 Å². The van der Waals surface area contributed by atoms with Crippen LogP contribution in [0.1, 0.15) is 18.1 Å². The highest BCUT2D eigenvalue weighted by molar-refractivity contribution is 5.85. The van der Waals surface area contributed by atoms with Crippen LogP contribution in [0.3, 0.4) is 0 Å². The Morgan fingerprint density at radius 1 is 1.33 bits per heavy atom. The van der Waals surface area contributed by atoms with Crippen molar-refractivity contribution in [3.63, 3.8) is 0 Å². The lowest BCUT2D eigenvalue weighted by Gasteiger charge is -2.06. The first-order valence-corrected chi connectivity index (χ1v) is 5.56. The number of aromatic nitrogens is 4. The van der Waals surface area contributed by atoms with E-state index in [0.717, 1.165) is 11.4 Å². The molecule has 0 aliphatic heterocycles. The zero-order chi connectivity index (χ0) is 12.4. The number of rotatable bonds is 4. The molecule has 100 valence electrons. The van der Waals surface area contributed by atoms with Crippen LogP contribution >= 0.6 is 12.4 Å². The summed E-state index contributed by atoms with van der Waals surface area (Å²) in [4.78, 5) is 0. The van der Waals surface area contributed by atoms with Crippen LogP contribution in [0.2, 0.25) is 0 Å². The summed E-state index contributed by atoms with van der Waals surface area (Å²) in [6, 6.07) is 0. The predicted octanol–water partition coefficient (Wildman–Crippen LogP) is 2.12. The Morgan fingerprint density at radius 3 is 2.56 bits per heavy atom. The van der Waals surface area contributed by atoms with Crippen LogP contribution in [0.5, 0.6) is 0 Å². The summed E-state index contributed by atoms with van der Waals surface area (Å²) in [5.74, 6) is 0.619. The third kappa shape index (κ3) is 2.64. The summed E-state index contributed by atoms with van der Waals surface area (Å²) in [7, 11) is 1.85. The maximum Gasteiger partial charge on any atom is 0.216 e. The van der Waals surface area contributed by atoms with E-state index >= 15 is 0 Å². The minimum Gasteiger partial charge on any atom is -0.366 e. The molecule has 7 heteroatoms. The van der Waals surface area contributed by atoms with Gasteiger partial charge in [-0.1, -0.05) is 0 Å². The zero-order valence-corrected chi connectivity index (χ0v) is 11.5. The molecule has 2 aromatic heterocycles. The average molecular weight is 274 g/mol. The zero-order valence-electron chi connectivity index (χ0n) is 10.6. The van der Waals surface area contributed by atoms with Crippen LogP contribution in [-0.4, -0.2) is 19.6 Å². The maximum absolute atomic E-state index is 13.7. The van der Waals surface area contributed by atoms with Gasteiger partial charge in [-0.05, 0) is 13.8 Å². The Labute approximate surface area is 111 Å². The van der Waals surface area contributed by atoms with Crippen molar-refractivity contribution in [3.8, 4) is 0 Å². The van der Waals surface area contributed by atoms with Gasteiger partial charge in [-0.2, -0.15) is 14.6 Å². The predicted molar refractivity (Wildman–Crippen MR) is 70.4 cm³/mol. The SMILES string of the molecule is CCn1ncc(CNc2c(C)cnn2C)c1F.Cl. The van der Waals surface area contributed by atoms with Gasteiger partial charge in [0.25, 0.3) is 0 Å². The van der Waals surface area contributed by atoms with E-state index in [0.29, 0.717) is 18.7 Å². The first kappa shape index (κ1) is 14.5. The monoisotopic (exact) mass is 273 g/mol. The van der Waals surface area contributed by atoms with Gasteiger partial charge >= 0.3 is 0 Å². The summed E-state index contributed by atoms with van der Waals surface area (Å²) in [6.07, 6.45) is 3.33. The molecule has 0 aliphatic rings. The van der Waals surface area contributed by atoms with Crippen LogP contribution in [0.25, 0.3) is 0 Å². The second kappa shape index (κ2) is 5.86. The minimum atomic E-state index is -0.278. The number of nitrogens with one attached hydrogen (secondary N) is 1. The van der Waals surface area contributed by atoms with Crippen molar-refractivity contribution in [2.75, 3.05) is 5.32 Å². The molecule has 2 aromatic rings. The Balaban J connectivity index is 0.00000162. The second-order valence-corrected chi connectivity index (χ2v) is 3.93. The summed E-state index contributed by atoms with van der Waals surface area (Å²) < 4.78 is 16.8. The van der Waals surface area contributed by atoms with Crippen molar-refractivity contribution in [3.05, 3.63) is 29.5 Å². The molecule has 0 aliphatic carbocycles. The highest BCUT2D eigenvalue weighted by Crippen LogP contribution is 2.14. The van der Waals surface area contributed by atoms with Crippen molar-refractivity contribution < 1.29 is 4.39 Å². The van der Waals surface area contributed by atoms with Gasteiger partial charge in [0.2, 0.25) is 5.95 Å². The third-order valence-electron chi connectivity index (χ3n) is 2.71. The van der Waals surface area contributed by atoms with Gasteiger partial charge in [-0.15, -0.1) is 12.4 Å². The molecule has 5 nitrogen and oxygen atoms in total.